The molecule has 7 heteroatoms. The Morgan fingerprint density at radius 2 is 1.91 bits per heavy atom. The van der Waals surface area contributed by atoms with Crippen LogP contribution in [-0.2, 0) is 16.6 Å². The zero-order valence-corrected chi connectivity index (χ0v) is 19.7. The lowest BCUT2D eigenvalue weighted by Gasteiger charge is -2.59. The van der Waals surface area contributed by atoms with Crippen LogP contribution in [-0.4, -0.2) is 31.5 Å². The molecule has 6 atom stereocenters. The smallest absolute Gasteiger partial charge is 0.252 e. The molecule has 1 aromatic carbocycles. The number of aromatic nitrogens is 4. The minimum absolute atomic E-state index is 0.0000911. The molecule has 0 spiro atoms. The quantitative estimate of drug-likeness (QED) is 0.583. The summed E-state index contributed by atoms with van der Waals surface area (Å²) in [5.41, 5.74) is 4.56. The molecule has 4 aliphatic rings. The average molecular weight is 460 g/mol. The normalized spacial score (nSPS) is 36.4. The number of hydrogen-bond donors (Lipinski definition) is 1. The highest BCUT2D eigenvalue weighted by Gasteiger charge is 2.60. The average Bonchev–Trinajstić information content (AvgIpc) is 3.41. The molecule has 3 aliphatic carbocycles. The lowest BCUT2D eigenvalue weighted by molar-refractivity contribution is -0.134. The van der Waals surface area contributed by atoms with Crippen LogP contribution in [0.3, 0.4) is 0 Å². The maximum Gasteiger partial charge on any atom is 0.252 e. The highest BCUT2D eigenvalue weighted by Crippen LogP contribution is 2.63. The molecule has 2 saturated carbocycles. The summed E-state index contributed by atoms with van der Waals surface area (Å²) in [5.74, 6) is 2.35. The van der Waals surface area contributed by atoms with E-state index in [1.165, 1.54) is 29.8 Å². The van der Waals surface area contributed by atoms with Crippen molar-refractivity contribution in [3.63, 3.8) is 0 Å². The highest BCUT2D eigenvalue weighted by molar-refractivity contribution is 5.77. The van der Waals surface area contributed by atoms with Gasteiger partial charge < -0.3 is 5.32 Å². The minimum Gasteiger partial charge on any atom is -0.353 e. The van der Waals surface area contributed by atoms with Gasteiger partial charge in [0, 0.05) is 29.0 Å². The lowest BCUT2D eigenvalue weighted by Crippen LogP contribution is -2.61. The van der Waals surface area contributed by atoms with E-state index >= 15 is 0 Å². The van der Waals surface area contributed by atoms with Crippen molar-refractivity contribution in [2.45, 2.75) is 70.3 Å². The van der Waals surface area contributed by atoms with Gasteiger partial charge in [0.1, 0.15) is 12.1 Å². The molecule has 3 heterocycles. The molecule has 0 radical (unpaired) electrons. The fourth-order valence-corrected chi connectivity index (χ4v) is 8.36. The van der Waals surface area contributed by atoms with Crippen LogP contribution in [0.1, 0.15) is 63.6 Å². The molecule has 176 valence electrons. The summed E-state index contributed by atoms with van der Waals surface area (Å²) in [7, 11) is 0. The van der Waals surface area contributed by atoms with Gasteiger partial charge in [0.25, 0.3) is 5.78 Å². The van der Waals surface area contributed by atoms with Gasteiger partial charge in [0.05, 0.1) is 11.4 Å². The van der Waals surface area contributed by atoms with Crippen LogP contribution in [0.2, 0.25) is 0 Å². The van der Waals surface area contributed by atoms with E-state index in [-0.39, 0.29) is 22.6 Å². The largest absolute Gasteiger partial charge is 0.353 e. The first-order chi connectivity index (χ1) is 16.4. The fourth-order valence-electron chi connectivity index (χ4n) is 8.36. The Hall–Kier alpha value is -2.83. The number of benzene rings is 1. The Labute approximate surface area is 198 Å². The summed E-state index contributed by atoms with van der Waals surface area (Å²) >= 11 is 0. The Morgan fingerprint density at radius 3 is 2.74 bits per heavy atom. The fraction of sp³-hybridized carbons (Fsp3) is 0.556. The third-order valence-electron chi connectivity index (χ3n) is 10.1. The number of halogens is 1. The summed E-state index contributed by atoms with van der Waals surface area (Å²) < 4.78 is 15.6. The number of carbonyl (C=O) groups excluding carboxylic acids is 1. The summed E-state index contributed by atoms with van der Waals surface area (Å²) in [6, 6.07) is 7.03. The van der Waals surface area contributed by atoms with Crippen molar-refractivity contribution in [2.75, 3.05) is 0 Å². The van der Waals surface area contributed by atoms with Crippen molar-refractivity contribution in [1.82, 2.24) is 24.9 Å². The van der Waals surface area contributed by atoms with Crippen molar-refractivity contribution < 1.29 is 9.18 Å². The summed E-state index contributed by atoms with van der Waals surface area (Å²) in [4.78, 5) is 21.7. The third-order valence-corrected chi connectivity index (χ3v) is 10.1. The number of hydrogen-bond acceptors (Lipinski definition) is 4. The first-order valence-electron chi connectivity index (χ1n) is 12.7. The maximum atomic E-state index is 13.7. The van der Waals surface area contributed by atoms with Crippen molar-refractivity contribution in [3.8, 4) is 11.3 Å². The monoisotopic (exact) mass is 459 g/mol. The van der Waals surface area contributed by atoms with E-state index in [9.17, 15) is 9.18 Å². The maximum absolute atomic E-state index is 13.7. The number of nitrogens with zero attached hydrogens (tertiary/aromatic N) is 4. The van der Waals surface area contributed by atoms with E-state index in [4.69, 9.17) is 4.98 Å². The van der Waals surface area contributed by atoms with E-state index in [2.05, 4.69) is 29.2 Å². The molecule has 1 amide bonds. The van der Waals surface area contributed by atoms with Gasteiger partial charge in [-0.3, -0.25) is 4.79 Å². The molecule has 7 rings (SSSR count). The van der Waals surface area contributed by atoms with Crippen molar-refractivity contribution in [2.24, 2.45) is 23.2 Å². The second-order valence-corrected chi connectivity index (χ2v) is 11.5. The SMILES string of the molecule is C[C@]12CCC3C(CC[C@H]4NC(=O)CC[C@]34C)C1Cc1c2nc2ncnn2c1-c1ccc(F)cc1. The van der Waals surface area contributed by atoms with E-state index in [1.54, 1.807) is 6.33 Å². The first kappa shape index (κ1) is 20.5. The minimum atomic E-state index is -0.239. The Kier molecular flexibility index (Phi) is 4.14. The Bertz CT molecular complexity index is 1320. The lowest BCUT2D eigenvalue weighted by atomic mass is 9.47. The van der Waals surface area contributed by atoms with E-state index in [1.807, 2.05) is 16.6 Å². The molecule has 3 unspecified atom stereocenters. The van der Waals surface area contributed by atoms with Crippen molar-refractivity contribution >= 4 is 11.7 Å². The highest BCUT2D eigenvalue weighted by atomic mass is 19.1. The Morgan fingerprint density at radius 1 is 1.09 bits per heavy atom. The standard InChI is InChI=1S/C27H30FN5O/c1-26-12-10-22(34)31-21(26)8-7-17-19(26)9-11-27(2)20(17)13-18-23(15-3-5-16(28)6-4-15)33-25(29-14-30-33)32-24(18)27/h3-6,14,17,19-21H,7-13H2,1-2H3,(H,31,34)/t17?,19?,20?,21-,26-,27+/m1/s1. The van der Waals surface area contributed by atoms with Gasteiger partial charge in [-0.1, -0.05) is 13.8 Å². The molecule has 1 saturated heterocycles. The third kappa shape index (κ3) is 2.61. The van der Waals surface area contributed by atoms with E-state index < -0.39 is 0 Å². The number of carbonyl (C=O) groups is 1. The molecule has 1 aliphatic heterocycles. The van der Waals surface area contributed by atoms with Crippen LogP contribution in [0.25, 0.3) is 17.0 Å². The molecule has 1 N–H and O–H groups in total. The van der Waals surface area contributed by atoms with Crippen LogP contribution in [0.4, 0.5) is 4.39 Å². The number of fused-ring (bicyclic) bond motifs is 8. The topological polar surface area (TPSA) is 72.2 Å². The molecule has 6 nitrogen and oxygen atoms in total. The molecule has 0 bridgehead atoms. The molecular formula is C27H30FN5O. The molecular weight excluding hydrogens is 429 g/mol. The molecule has 3 fully saturated rings. The molecule has 2 aromatic heterocycles. The van der Waals surface area contributed by atoms with Crippen LogP contribution in [0.15, 0.2) is 30.6 Å². The summed E-state index contributed by atoms with van der Waals surface area (Å²) in [6.45, 7) is 4.84. The van der Waals surface area contributed by atoms with Crippen LogP contribution in [0, 0.1) is 29.0 Å². The predicted molar refractivity (Wildman–Crippen MR) is 125 cm³/mol. The second-order valence-electron chi connectivity index (χ2n) is 11.5. The number of amides is 1. The zero-order chi connectivity index (χ0) is 23.2. The molecule has 34 heavy (non-hydrogen) atoms. The van der Waals surface area contributed by atoms with Gasteiger partial charge in [0.15, 0.2) is 0 Å². The van der Waals surface area contributed by atoms with Gasteiger partial charge in [-0.15, -0.1) is 0 Å². The number of piperidine rings is 1. The van der Waals surface area contributed by atoms with E-state index in [0.717, 1.165) is 43.4 Å². The van der Waals surface area contributed by atoms with Crippen LogP contribution in [0.5, 0.6) is 0 Å². The number of nitrogens with one attached hydrogen (secondary N) is 1. The van der Waals surface area contributed by atoms with Gasteiger partial charge in [-0.2, -0.15) is 14.6 Å². The summed E-state index contributed by atoms with van der Waals surface area (Å²) in [6.07, 6.45) is 8.66. The van der Waals surface area contributed by atoms with Gasteiger partial charge in [-0.25, -0.2) is 9.37 Å². The van der Waals surface area contributed by atoms with Crippen LogP contribution >= 0.6 is 0 Å². The zero-order valence-electron chi connectivity index (χ0n) is 19.7. The van der Waals surface area contributed by atoms with Crippen LogP contribution < -0.4 is 5.32 Å². The number of rotatable bonds is 1. The van der Waals surface area contributed by atoms with Crippen molar-refractivity contribution in [1.29, 1.82) is 0 Å². The first-order valence-corrected chi connectivity index (χ1v) is 12.7. The second kappa shape index (κ2) is 6.86. The van der Waals surface area contributed by atoms with Gasteiger partial charge in [-0.05, 0) is 86.0 Å². The van der Waals surface area contributed by atoms with E-state index in [0.29, 0.717) is 36.0 Å². The van der Waals surface area contributed by atoms with Gasteiger partial charge in [0.2, 0.25) is 5.91 Å². The predicted octanol–water partition coefficient (Wildman–Crippen LogP) is 4.47. The van der Waals surface area contributed by atoms with Crippen molar-refractivity contribution in [3.05, 3.63) is 47.7 Å². The Balaban J connectivity index is 1.34. The summed E-state index contributed by atoms with van der Waals surface area (Å²) in [5, 5.41) is 7.83. The van der Waals surface area contributed by atoms with Gasteiger partial charge >= 0.3 is 0 Å². The molecule has 3 aromatic rings.